The molecule has 23 heavy (non-hydrogen) atoms. The van der Waals surface area contributed by atoms with Gasteiger partial charge in [0.25, 0.3) is 10.0 Å². The van der Waals surface area contributed by atoms with Crippen LogP contribution in [0.3, 0.4) is 0 Å². The number of benzene rings is 2. The third-order valence-corrected chi connectivity index (χ3v) is 5.51. The van der Waals surface area contributed by atoms with Gasteiger partial charge in [-0.15, -0.1) is 12.4 Å². The molecule has 3 rings (SSSR count). The average molecular weight is 353 g/mol. The molecule has 0 aliphatic carbocycles. The van der Waals surface area contributed by atoms with Crippen molar-refractivity contribution >= 4 is 28.1 Å². The number of sulfonamides is 1. The second-order valence-corrected chi connectivity index (χ2v) is 7.44. The minimum atomic E-state index is -3.55. The SMILES string of the molecule is Cc1ccc(NS(=O)(=O)c2ccc3c(c2)CNCC3)cc1C.Cl. The first-order chi connectivity index (χ1) is 10.5. The fourth-order valence-electron chi connectivity index (χ4n) is 2.64. The highest BCUT2D eigenvalue weighted by atomic mass is 35.5. The molecule has 1 aliphatic rings. The molecule has 2 N–H and O–H groups in total. The zero-order valence-electron chi connectivity index (χ0n) is 13.2. The summed E-state index contributed by atoms with van der Waals surface area (Å²) >= 11 is 0. The number of fused-ring (bicyclic) bond motifs is 1. The van der Waals surface area contributed by atoms with E-state index in [0.717, 1.165) is 36.2 Å². The molecule has 2 aromatic rings. The van der Waals surface area contributed by atoms with E-state index in [1.807, 2.05) is 32.0 Å². The maximum Gasteiger partial charge on any atom is 0.261 e. The fourth-order valence-corrected chi connectivity index (χ4v) is 3.74. The highest BCUT2D eigenvalue weighted by Crippen LogP contribution is 2.22. The monoisotopic (exact) mass is 352 g/mol. The van der Waals surface area contributed by atoms with Crippen molar-refractivity contribution in [2.45, 2.75) is 31.7 Å². The van der Waals surface area contributed by atoms with Gasteiger partial charge in [0.05, 0.1) is 4.90 Å². The lowest BCUT2D eigenvalue weighted by molar-refractivity contribution is 0.599. The Hall–Kier alpha value is -1.56. The predicted molar refractivity (Wildman–Crippen MR) is 95.8 cm³/mol. The molecule has 1 aliphatic heterocycles. The molecule has 0 saturated heterocycles. The van der Waals surface area contributed by atoms with Crippen LogP contribution >= 0.6 is 12.4 Å². The van der Waals surface area contributed by atoms with Crippen LogP contribution in [0.5, 0.6) is 0 Å². The normalized spacial score (nSPS) is 13.8. The molecule has 0 amide bonds. The Morgan fingerprint density at radius 3 is 2.52 bits per heavy atom. The summed E-state index contributed by atoms with van der Waals surface area (Å²) in [5.41, 5.74) is 5.09. The van der Waals surface area contributed by atoms with Crippen molar-refractivity contribution in [1.29, 1.82) is 0 Å². The Balaban J connectivity index is 0.00000192. The molecule has 0 unspecified atom stereocenters. The molecule has 124 valence electrons. The van der Waals surface area contributed by atoms with Gasteiger partial charge in [-0.05, 0) is 73.3 Å². The van der Waals surface area contributed by atoms with Crippen molar-refractivity contribution in [3.8, 4) is 0 Å². The summed E-state index contributed by atoms with van der Waals surface area (Å²) in [5, 5.41) is 3.27. The summed E-state index contributed by atoms with van der Waals surface area (Å²) in [5.74, 6) is 0. The molecule has 2 aromatic carbocycles. The van der Waals surface area contributed by atoms with Gasteiger partial charge >= 0.3 is 0 Å². The van der Waals surface area contributed by atoms with E-state index in [1.165, 1.54) is 5.56 Å². The van der Waals surface area contributed by atoms with Crippen LogP contribution in [-0.4, -0.2) is 15.0 Å². The molecule has 0 fully saturated rings. The van der Waals surface area contributed by atoms with Crippen LogP contribution in [0.15, 0.2) is 41.3 Å². The van der Waals surface area contributed by atoms with Gasteiger partial charge < -0.3 is 5.32 Å². The summed E-state index contributed by atoms with van der Waals surface area (Å²) in [6, 6.07) is 10.9. The van der Waals surface area contributed by atoms with E-state index in [1.54, 1.807) is 18.2 Å². The minimum Gasteiger partial charge on any atom is -0.312 e. The van der Waals surface area contributed by atoms with Crippen molar-refractivity contribution in [3.63, 3.8) is 0 Å². The molecular formula is C17H21ClN2O2S. The molecule has 4 nitrogen and oxygen atoms in total. The number of halogens is 1. The first-order valence-corrected chi connectivity index (χ1v) is 8.87. The van der Waals surface area contributed by atoms with Crippen LogP contribution in [0.4, 0.5) is 5.69 Å². The number of nitrogens with one attached hydrogen (secondary N) is 2. The Labute approximate surface area is 143 Å². The van der Waals surface area contributed by atoms with Gasteiger partial charge in [0, 0.05) is 12.2 Å². The zero-order chi connectivity index (χ0) is 15.7. The van der Waals surface area contributed by atoms with Crippen LogP contribution in [0.25, 0.3) is 0 Å². The first-order valence-electron chi connectivity index (χ1n) is 7.38. The quantitative estimate of drug-likeness (QED) is 0.892. The van der Waals surface area contributed by atoms with Crippen LogP contribution < -0.4 is 10.0 Å². The van der Waals surface area contributed by atoms with Crippen molar-refractivity contribution in [2.75, 3.05) is 11.3 Å². The largest absolute Gasteiger partial charge is 0.312 e. The standard InChI is InChI=1S/C17H20N2O2S.ClH/c1-12-3-5-16(9-13(12)2)19-22(20,21)17-6-4-14-7-8-18-11-15(14)10-17;/h3-6,9-10,18-19H,7-8,11H2,1-2H3;1H. The van der Waals surface area contributed by atoms with Gasteiger partial charge in [-0.2, -0.15) is 0 Å². The summed E-state index contributed by atoms with van der Waals surface area (Å²) < 4.78 is 27.8. The van der Waals surface area contributed by atoms with Gasteiger partial charge in [0.2, 0.25) is 0 Å². The van der Waals surface area contributed by atoms with Crippen molar-refractivity contribution < 1.29 is 8.42 Å². The number of hydrogen-bond acceptors (Lipinski definition) is 3. The number of rotatable bonds is 3. The molecule has 0 spiro atoms. The lowest BCUT2D eigenvalue weighted by atomic mass is 10.0. The summed E-state index contributed by atoms with van der Waals surface area (Å²) in [6.45, 7) is 5.64. The van der Waals surface area contributed by atoms with Gasteiger partial charge in [0.1, 0.15) is 0 Å². The predicted octanol–water partition coefficient (Wildman–Crippen LogP) is 3.17. The zero-order valence-corrected chi connectivity index (χ0v) is 14.9. The Morgan fingerprint density at radius 2 is 1.78 bits per heavy atom. The van der Waals surface area contributed by atoms with Gasteiger partial charge in [0.15, 0.2) is 0 Å². The molecule has 6 heteroatoms. The summed E-state index contributed by atoms with van der Waals surface area (Å²) in [4.78, 5) is 0.313. The van der Waals surface area contributed by atoms with Gasteiger partial charge in [-0.1, -0.05) is 12.1 Å². The summed E-state index contributed by atoms with van der Waals surface area (Å²) in [6.07, 6.45) is 0.945. The van der Waals surface area contributed by atoms with E-state index in [9.17, 15) is 8.42 Å². The van der Waals surface area contributed by atoms with Crippen LogP contribution in [0.1, 0.15) is 22.3 Å². The average Bonchev–Trinajstić information content (AvgIpc) is 2.50. The molecule has 0 radical (unpaired) electrons. The first kappa shape index (κ1) is 17.8. The molecule has 0 bridgehead atoms. The van der Waals surface area contributed by atoms with Gasteiger partial charge in [-0.25, -0.2) is 8.42 Å². The van der Waals surface area contributed by atoms with E-state index in [2.05, 4.69) is 10.0 Å². The van der Waals surface area contributed by atoms with Crippen molar-refractivity contribution in [3.05, 3.63) is 58.7 Å². The Kier molecular flexibility index (Phi) is 5.34. The van der Waals surface area contributed by atoms with Crippen LogP contribution in [-0.2, 0) is 23.0 Å². The number of anilines is 1. The number of aryl methyl sites for hydroxylation is 2. The molecule has 0 atom stereocenters. The van der Waals surface area contributed by atoms with E-state index in [4.69, 9.17) is 0 Å². The lowest BCUT2D eigenvalue weighted by Gasteiger charge is -2.18. The van der Waals surface area contributed by atoms with Crippen LogP contribution in [0, 0.1) is 13.8 Å². The highest BCUT2D eigenvalue weighted by Gasteiger charge is 2.17. The molecule has 1 heterocycles. The second kappa shape index (κ2) is 6.91. The maximum absolute atomic E-state index is 12.6. The lowest BCUT2D eigenvalue weighted by Crippen LogP contribution is -2.24. The topological polar surface area (TPSA) is 58.2 Å². The summed E-state index contributed by atoms with van der Waals surface area (Å²) in [7, 11) is -3.55. The van der Waals surface area contributed by atoms with E-state index in [0.29, 0.717) is 10.6 Å². The smallest absolute Gasteiger partial charge is 0.261 e. The Morgan fingerprint density at radius 1 is 1.00 bits per heavy atom. The molecular weight excluding hydrogens is 332 g/mol. The van der Waals surface area contributed by atoms with Crippen LogP contribution in [0.2, 0.25) is 0 Å². The maximum atomic E-state index is 12.6. The minimum absolute atomic E-state index is 0. The fraction of sp³-hybridized carbons (Fsp3) is 0.294. The van der Waals surface area contributed by atoms with Crippen molar-refractivity contribution in [1.82, 2.24) is 5.32 Å². The molecule has 0 saturated carbocycles. The van der Waals surface area contributed by atoms with Gasteiger partial charge in [-0.3, -0.25) is 4.72 Å². The molecule has 0 aromatic heterocycles. The van der Waals surface area contributed by atoms with E-state index < -0.39 is 10.0 Å². The third kappa shape index (κ3) is 3.86. The van der Waals surface area contributed by atoms with Crippen molar-refractivity contribution in [2.24, 2.45) is 0 Å². The van der Waals surface area contributed by atoms with E-state index in [-0.39, 0.29) is 12.4 Å². The second-order valence-electron chi connectivity index (χ2n) is 5.76. The van der Waals surface area contributed by atoms with E-state index >= 15 is 0 Å². The highest BCUT2D eigenvalue weighted by molar-refractivity contribution is 7.92. The number of hydrogen-bond donors (Lipinski definition) is 2. The Bertz CT molecular complexity index is 819. The third-order valence-electron chi connectivity index (χ3n) is 4.13.